The highest BCUT2D eigenvalue weighted by atomic mass is 32.2. The zero-order valence-electron chi connectivity index (χ0n) is 24.1. The third-order valence-electron chi connectivity index (χ3n) is 6.45. The van der Waals surface area contributed by atoms with Crippen molar-refractivity contribution in [2.75, 3.05) is 16.4 Å². The molecule has 0 fully saturated rings. The van der Waals surface area contributed by atoms with Gasteiger partial charge in [-0.1, -0.05) is 62.4 Å². The number of rotatable bonds is 11. The maximum absolute atomic E-state index is 13.4. The number of hydrogen-bond acceptors (Lipinski definition) is 7. The molecule has 5 rings (SSSR count). The summed E-state index contributed by atoms with van der Waals surface area (Å²) in [6, 6.07) is 27.8. The summed E-state index contributed by atoms with van der Waals surface area (Å²) in [6.45, 7) is 4.24. The zero-order valence-corrected chi connectivity index (χ0v) is 26.5. The topological polar surface area (TPSA) is 100 Å². The molecule has 44 heavy (non-hydrogen) atoms. The number of thioether (sulfide) groups is 1. The Hall–Kier alpha value is -4.51. The number of thiazole rings is 1. The molecule has 0 aliphatic carbocycles. The van der Waals surface area contributed by atoms with Crippen LogP contribution in [0, 0.1) is 0 Å². The Kier molecular flexibility index (Phi) is 10.4. The molecule has 0 bridgehead atoms. The van der Waals surface area contributed by atoms with Gasteiger partial charge in [0, 0.05) is 21.5 Å². The first-order valence-electron chi connectivity index (χ1n) is 13.9. The Morgan fingerprint density at radius 1 is 0.864 bits per heavy atom. The van der Waals surface area contributed by atoms with Crippen LogP contribution in [-0.2, 0) is 9.59 Å². The Morgan fingerprint density at radius 2 is 1.61 bits per heavy atom. The van der Waals surface area contributed by atoms with Gasteiger partial charge in [-0.25, -0.2) is 4.98 Å². The van der Waals surface area contributed by atoms with Crippen molar-refractivity contribution >= 4 is 69.1 Å². The molecule has 5 aromatic rings. The van der Waals surface area contributed by atoms with Gasteiger partial charge in [-0.05, 0) is 71.0 Å². The van der Waals surface area contributed by atoms with Crippen molar-refractivity contribution in [3.63, 3.8) is 0 Å². The average molecular weight is 639 g/mol. The monoisotopic (exact) mass is 638 g/mol. The highest BCUT2D eigenvalue weighted by Gasteiger charge is 2.16. The fourth-order valence-corrected chi connectivity index (χ4v) is 6.28. The van der Waals surface area contributed by atoms with Crippen molar-refractivity contribution in [1.29, 1.82) is 0 Å². The number of carbonyl (C=O) groups is 3. The highest BCUT2D eigenvalue weighted by Crippen LogP contribution is 2.28. The van der Waals surface area contributed by atoms with Crippen LogP contribution < -0.4 is 16.0 Å². The highest BCUT2D eigenvalue weighted by molar-refractivity contribution is 8.00. The molecular weight excluding hydrogens is 609 g/mol. The molecule has 10 heteroatoms. The van der Waals surface area contributed by atoms with Gasteiger partial charge in [0.1, 0.15) is 5.70 Å². The van der Waals surface area contributed by atoms with E-state index in [4.69, 9.17) is 0 Å². The molecule has 3 amide bonds. The Morgan fingerprint density at radius 3 is 2.30 bits per heavy atom. The minimum absolute atomic E-state index is 0.121. The van der Waals surface area contributed by atoms with E-state index in [2.05, 4.69) is 34.8 Å². The molecule has 0 atom stereocenters. The first-order valence-corrected chi connectivity index (χ1v) is 16.6. The number of thiophene rings is 1. The summed E-state index contributed by atoms with van der Waals surface area (Å²) in [5.74, 6) is -0.381. The number of nitrogens with zero attached hydrogens (tertiary/aromatic N) is 1. The fourth-order valence-electron chi connectivity index (χ4n) is 4.09. The van der Waals surface area contributed by atoms with Gasteiger partial charge in [0.15, 0.2) is 5.13 Å². The van der Waals surface area contributed by atoms with Crippen molar-refractivity contribution in [2.24, 2.45) is 0 Å². The lowest BCUT2D eigenvalue weighted by Crippen LogP contribution is -2.30. The Labute approximate surface area is 268 Å². The van der Waals surface area contributed by atoms with Gasteiger partial charge in [0.25, 0.3) is 11.8 Å². The first-order chi connectivity index (χ1) is 21.3. The molecular formula is C34H30N4O3S3. The lowest BCUT2D eigenvalue weighted by atomic mass is 10.0. The van der Waals surface area contributed by atoms with Crippen molar-refractivity contribution in [3.8, 4) is 10.6 Å². The quantitative estimate of drug-likeness (QED) is 0.100. The second-order valence-electron chi connectivity index (χ2n) is 10.0. The van der Waals surface area contributed by atoms with Gasteiger partial charge < -0.3 is 16.0 Å². The van der Waals surface area contributed by atoms with E-state index in [1.165, 1.54) is 28.7 Å². The van der Waals surface area contributed by atoms with Crippen molar-refractivity contribution in [1.82, 2.24) is 10.3 Å². The lowest BCUT2D eigenvalue weighted by molar-refractivity contribution is -0.114. The van der Waals surface area contributed by atoms with E-state index in [0.29, 0.717) is 22.3 Å². The minimum Gasteiger partial charge on any atom is -0.321 e. The van der Waals surface area contributed by atoms with E-state index < -0.39 is 5.91 Å². The molecule has 0 radical (unpaired) electrons. The van der Waals surface area contributed by atoms with Crippen molar-refractivity contribution in [2.45, 2.75) is 24.7 Å². The van der Waals surface area contributed by atoms with Crippen LogP contribution in [-0.4, -0.2) is 28.5 Å². The number of carbonyl (C=O) groups excluding carboxylic acids is 3. The number of benzene rings is 3. The summed E-state index contributed by atoms with van der Waals surface area (Å²) in [5.41, 5.74) is 3.96. The Balaban J connectivity index is 1.20. The largest absolute Gasteiger partial charge is 0.321 e. The third-order valence-corrected chi connectivity index (χ3v) is 9.11. The first kappa shape index (κ1) is 30.9. The smallest absolute Gasteiger partial charge is 0.272 e. The van der Waals surface area contributed by atoms with Crippen LogP contribution in [0.3, 0.4) is 0 Å². The van der Waals surface area contributed by atoms with E-state index in [1.807, 2.05) is 65.4 Å². The normalized spacial score (nSPS) is 11.3. The maximum Gasteiger partial charge on any atom is 0.272 e. The maximum atomic E-state index is 13.4. The molecule has 222 valence electrons. The fraction of sp³-hybridized carbons (Fsp3) is 0.118. The van der Waals surface area contributed by atoms with E-state index in [9.17, 15) is 14.4 Å². The van der Waals surface area contributed by atoms with Gasteiger partial charge >= 0.3 is 0 Å². The van der Waals surface area contributed by atoms with Gasteiger partial charge in [-0.2, -0.15) is 0 Å². The van der Waals surface area contributed by atoms with Gasteiger partial charge in [-0.15, -0.1) is 34.4 Å². The molecule has 2 heterocycles. The summed E-state index contributed by atoms with van der Waals surface area (Å²) in [7, 11) is 0. The molecule has 3 aromatic carbocycles. The van der Waals surface area contributed by atoms with E-state index in [1.54, 1.807) is 53.8 Å². The predicted molar refractivity (Wildman–Crippen MR) is 182 cm³/mol. The summed E-state index contributed by atoms with van der Waals surface area (Å²) < 4.78 is 0. The van der Waals surface area contributed by atoms with Crippen LogP contribution in [0.1, 0.15) is 41.3 Å². The van der Waals surface area contributed by atoms with E-state index in [0.717, 1.165) is 21.0 Å². The number of hydrogen-bond donors (Lipinski definition) is 3. The van der Waals surface area contributed by atoms with Crippen LogP contribution in [0.15, 0.2) is 112 Å². The summed E-state index contributed by atoms with van der Waals surface area (Å²) in [4.78, 5) is 45.2. The number of aromatic nitrogens is 1. The molecule has 0 spiro atoms. The summed E-state index contributed by atoms with van der Waals surface area (Å²) in [6.07, 6.45) is 1.66. The zero-order chi connectivity index (χ0) is 30.9. The molecule has 0 aliphatic heterocycles. The van der Waals surface area contributed by atoms with Gasteiger partial charge in [0.2, 0.25) is 5.91 Å². The SMILES string of the molecule is CC(C)c1ccc(/C=C(\NC(=O)c2ccccc2)C(=O)Nc2ccc(SCC(=O)Nc3nc(-c4cccs4)cs3)cc2)cc1. The Bertz CT molecular complexity index is 1750. The second-order valence-corrected chi connectivity index (χ2v) is 12.9. The molecule has 2 aromatic heterocycles. The van der Waals surface area contributed by atoms with Crippen molar-refractivity contribution in [3.05, 3.63) is 124 Å². The molecule has 0 saturated carbocycles. The predicted octanol–water partition coefficient (Wildman–Crippen LogP) is 8.14. The van der Waals surface area contributed by atoms with E-state index >= 15 is 0 Å². The van der Waals surface area contributed by atoms with Crippen LogP contribution in [0.2, 0.25) is 0 Å². The number of nitrogens with one attached hydrogen (secondary N) is 3. The molecule has 0 unspecified atom stereocenters. The van der Waals surface area contributed by atoms with Crippen LogP contribution in [0.5, 0.6) is 0 Å². The van der Waals surface area contributed by atoms with Crippen molar-refractivity contribution < 1.29 is 14.4 Å². The number of amides is 3. The number of anilines is 2. The molecule has 7 nitrogen and oxygen atoms in total. The van der Waals surface area contributed by atoms with Crippen LogP contribution in [0.25, 0.3) is 16.6 Å². The minimum atomic E-state index is -0.452. The standard InChI is InChI=1S/C34H30N4O3S3/c1-22(2)24-12-10-23(11-13-24)19-28(36-32(40)25-7-4-3-5-8-25)33(41)35-26-14-16-27(17-15-26)43-21-31(39)38-34-37-29(20-44-34)30-9-6-18-42-30/h3-20,22H,21H2,1-2H3,(H,35,41)(H,36,40)(H,37,38,39)/b28-19-. The summed E-state index contributed by atoms with van der Waals surface area (Å²) in [5, 5.41) is 13.0. The summed E-state index contributed by atoms with van der Waals surface area (Å²) >= 11 is 4.38. The van der Waals surface area contributed by atoms with Gasteiger partial charge in [-0.3, -0.25) is 14.4 Å². The van der Waals surface area contributed by atoms with Crippen LogP contribution >= 0.6 is 34.4 Å². The lowest BCUT2D eigenvalue weighted by Gasteiger charge is -2.12. The van der Waals surface area contributed by atoms with Crippen LogP contribution in [0.4, 0.5) is 10.8 Å². The molecule has 0 saturated heterocycles. The third kappa shape index (κ3) is 8.53. The van der Waals surface area contributed by atoms with Gasteiger partial charge in [0.05, 0.1) is 16.3 Å². The molecule has 3 N–H and O–H groups in total. The second kappa shape index (κ2) is 14.8. The average Bonchev–Trinajstić information content (AvgIpc) is 3.74. The van der Waals surface area contributed by atoms with E-state index in [-0.39, 0.29) is 23.3 Å². The molecule has 0 aliphatic rings.